The van der Waals surface area contributed by atoms with Gasteiger partial charge in [-0.2, -0.15) is 0 Å². The van der Waals surface area contributed by atoms with Gasteiger partial charge in [-0.1, -0.05) is 44.2 Å². The van der Waals surface area contributed by atoms with Gasteiger partial charge in [-0.15, -0.1) is 0 Å². The van der Waals surface area contributed by atoms with E-state index < -0.39 is 5.60 Å². The molecule has 16 heavy (non-hydrogen) atoms. The summed E-state index contributed by atoms with van der Waals surface area (Å²) >= 11 is 1.12. The number of ether oxygens (including phenoxy) is 1. The molecule has 0 aliphatic rings. The molecule has 0 aromatic heterocycles. The third-order valence-corrected chi connectivity index (χ3v) is 3.30. The van der Waals surface area contributed by atoms with Gasteiger partial charge in [-0.25, -0.2) is 4.79 Å². The maximum atomic E-state index is 11.5. The average molecular weight is 238 g/mol. The van der Waals surface area contributed by atoms with Gasteiger partial charge in [0.2, 0.25) is 0 Å². The summed E-state index contributed by atoms with van der Waals surface area (Å²) in [6.07, 6.45) is 3.32. The van der Waals surface area contributed by atoms with E-state index in [0.717, 1.165) is 30.2 Å². The third kappa shape index (κ3) is 2.79. The minimum absolute atomic E-state index is 0.215. The molecule has 1 aromatic carbocycles. The summed E-state index contributed by atoms with van der Waals surface area (Å²) in [5.74, 6) is 0. The number of hydrogen-bond acceptors (Lipinski definition) is 3. The Balaban J connectivity index is 3.01. The SMILES string of the molecule is CCC(CC)(OC(=O)SC)c1ccccc1. The number of rotatable bonds is 4. The van der Waals surface area contributed by atoms with Gasteiger partial charge in [0.1, 0.15) is 5.60 Å². The molecule has 88 valence electrons. The highest BCUT2D eigenvalue weighted by molar-refractivity contribution is 8.12. The minimum atomic E-state index is -0.471. The summed E-state index contributed by atoms with van der Waals surface area (Å²) in [4.78, 5) is 11.5. The van der Waals surface area contributed by atoms with Crippen LogP contribution in [0, 0.1) is 0 Å². The Morgan fingerprint density at radius 1 is 1.25 bits per heavy atom. The summed E-state index contributed by atoms with van der Waals surface area (Å²) in [5.41, 5.74) is 0.601. The van der Waals surface area contributed by atoms with Crippen LogP contribution in [0.25, 0.3) is 0 Å². The fourth-order valence-corrected chi connectivity index (χ4v) is 2.05. The summed E-state index contributed by atoms with van der Waals surface area (Å²) in [6.45, 7) is 4.09. The molecule has 0 spiro atoms. The quantitative estimate of drug-likeness (QED) is 0.735. The van der Waals surface area contributed by atoms with Gasteiger partial charge in [0.05, 0.1) is 0 Å². The predicted molar refractivity (Wildman–Crippen MR) is 68.7 cm³/mol. The van der Waals surface area contributed by atoms with Crippen LogP contribution < -0.4 is 0 Å². The van der Waals surface area contributed by atoms with Crippen molar-refractivity contribution in [1.82, 2.24) is 0 Å². The normalized spacial score (nSPS) is 11.2. The van der Waals surface area contributed by atoms with Crippen molar-refractivity contribution in [1.29, 1.82) is 0 Å². The molecular formula is C13H18O2S. The van der Waals surface area contributed by atoms with E-state index in [0.29, 0.717) is 0 Å². The van der Waals surface area contributed by atoms with Crippen LogP contribution in [0.15, 0.2) is 30.3 Å². The fraction of sp³-hybridized carbons (Fsp3) is 0.462. The smallest absolute Gasteiger partial charge is 0.367 e. The van der Waals surface area contributed by atoms with E-state index in [1.807, 2.05) is 44.2 Å². The number of carbonyl (C=O) groups is 1. The largest absolute Gasteiger partial charge is 0.446 e. The Labute approximate surface area is 101 Å². The second kappa shape index (κ2) is 5.94. The number of thioether (sulfide) groups is 1. The second-order valence-corrected chi connectivity index (χ2v) is 4.37. The Morgan fingerprint density at radius 3 is 2.25 bits per heavy atom. The third-order valence-electron chi connectivity index (χ3n) is 2.89. The molecule has 0 bridgehead atoms. The predicted octanol–water partition coefficient (Wildman–Crippen LogP) is 4.20. The molecule has 1 rings (SSSR count). The van der Waals surface area contributed by atoms with Crippen molar-refractivity contribution < 1.29 is 9.53 Å². The molecular weight excluding hydrogens is 220 g/mol. The zero-order valence-corrected chi connectivity index (χ0v) is 10.8. The molecule has 0 saturated heterocycles. The molecule has 2 nitrogen and oxygen atoms in total. The summed E-state index contributed by atoms with van der Waals surface area (Å²) in [7, 11) is 0. The van der Waals surface area contributed by atoms with Crippen LogP contribution in [-0.4, -0.2) is 11.6 Å². The first-order valence-corrected chi connectivity index (χ1v) is 6.73. The first-order chi connectivity index (χ1) is 7.68. The molecule has 0 N–H and O–H groups in total. The lowest BCUT2D eigenvalue weighted by Crippen LogP contribution is -2.29. The number of carbonyl (C=O) groups excluding carboxylic acids is 1. The van der Waals surface area contributed by atoms with Crippen molar-refractivity contribution in [3.63, 3.8) is 0 Å². The molecule has 0 fully saturated rings. The zero-order valence-electron chi connectivity index (χ0n) is 10.0. The van der Waals surface area contributed by atoms with E-state index in [1.54, 1.807) is 6.26 Å². The van der Waals surface area contributed by atoms with Crippen molar-refractivity contribution in [3.8, 4) is 0 Å². The van der Waals surface area contributed by atoms with E-state index in [9.17, 15) is 4.79 Å². The van der Waals surface area contributed by atoms with Gasteiger partial charge in [0, 0.05) is 0 Å². The van der Waals surface area contributed by atoms with E-state index in [4.69, 9.17) is 4.74 Å². The standard InChI is InChI=1S/C13H18O2S/c1-4-13(5-2,15-12(14)16-3)11-9-7-6-8-10-11/h6-10H,4-5H2,1-3H3. The van der Waals surface area contributed by atoms with E-state index in [-0.39, 0.29) is 5.30 Å². The topological polar surface area (TPSA) is 26.3 Å². The van der Waals surface area contributed by atoms with Crippen molar-refractivity contribution in [3.05, 3.63) is 35.9 Å². The van der Waals surface area contributed by atoms with Crippen molar-refractivity contribution in [2.24, 2.45) is 0 Å². The Hall–Kier alpha value is -0.960. The van der Waals surface area contributed by atoms with E-state index in [1.165, 1.54) is 0 Å². The van der Waals surface area contributed by atoms with Crippen LogP contribution in [-0.2, 0) is 10.3 Å². The summed E-state index contributed by atoms with van der Waals surface area (Å²) in [5, 5.41) is -0.215. The first kappa shape index (κ1) is 13.1. The number of hydrogen-bond donors (Lipinski definition) is 0. The number of benzene rings is 1. The lowest BCUT2D eigenvalue weighted by atomic mass is 9.88. The van der Waals surface area contributed by atoms with Gasteiger partial charge in [-0.3, -0.25) is 0 Å². The average Bonchev–Trinajstić information content (AvgIpc) is 2.37. The van der Waals surface area contributed by atoms with E-state index >= 15 is 0 Å². The van der Waals surface area contributed by atoms with Gasteiger partial charge < -0.3 is 4.74 Å². The van der Waals surface area contributed by atoms with Crippen LogP contribution in [0.3, 0.4) is 0 Å². The maximum Gasteiger partial charge on any atom is 0.367 e. The highest BCUT2D eigenvalue weighted by atomic mass is 32.2. The van der Waals surface area contributed by atoms with Crippen LogP contribution in [0.4, 0.5) is 4.79 Å². The Morgan fingerprint density at radius 2 is 1.81 bits per heavy atom. The molecule has 0 saturated carbocycles. The lowest BCUT2D eigenvalue weighted by molar-refractivity contribution is 0.0171. The van der Waals surface area contributed by atoms with Gasteiger partial charge >= 0.3 is 5.30 Å². The molecule has 0 amide bonds. The van der Waals surface area contributed by atoms with Crippen LogP contribution >= 0.6 is 11.8 Å². The highest BCUT2D eigenvalue weighted by Crippen LogP contribution is 2.34. The Kier molecular flexibility index (Phi) is 4.87. The molecule has 3 heteroatoms. The van der Waals surface area contributed by atoms with Crippen molar-refractivity contribution in [2.75, 3.05) is 6.26 Å². The monoisotopic (exact) mass is 238 g/mol. The maximum absolute atomic E-state index is 11.5. The van der Waals surface area contributed by atoms with Crippen LogP contribution in [0.2, 0.25) is 0 Å². The van der Waals surface area contributed by atoms with Crippen molar-refractivity contribution in [2.45, 2.75) is 32.3 Å². The van der Waals surface area contributed by atoms with Gasteiger partial charge in [0.15, 0.2) is 0 Å². The highest BCUT2D eigenvalue weighted by Gasteiger charge is 2.32. The van der Waals surface area contributed by atoms with Crippen LogP contribution in [0.5, 0.6) is 0 Å². The molecule has 0 aliphatic carbocycles. The zero-order chi connectivity index (χ0) is 12.0. The molecule has 0 atom stereocenters. The van der Waals surface area contributed by atoms with Gasteiger partial charge in [-0.05, 0) is 36.4 Å². The fourth-order valence-electron chi connectivity index (χ4n) is 1.80. The second-order valence-electron chi connectivity index (χ2n) is 3.62. The Bertz CT molecular complexity index is 331. The molecule has 0 radical (unpaired) electrons. The summed E-state index contributed by atoms with van der Waals surface area (Å²) in [6, 6.07) is 9.95. The van der Waals surface area contributed by atoms with Gasteiger partial charge in [0.25, 0.3) is 0 Å². The molecule has 0 aliphatic heterocycles. The molecule has 0 heterocycles. The van der Waals surface area contributed by atoms with E-state index in [2.05, 4.69) is 0 Å². The molecule has 1 aromatic rings. The minimum Gasteiger partial charge on any atom is -0.446 e. The molecule has 0 unspecified atom stereocenters. The summed E-state index contributed by atoms with van der Waals surface area (Å²) < 4.78 is 5.60. The first-order valence-electron chi connectivity index (χ1n) is 5.51. The van der Waals surface area contributed by atoms with Crippen LogP contribution in [0.1, 0.15) is 32.3 Å². The van der Waals surface area contributed by atoms with Crippen molar-refractivity contribution >= 4 is 17.1 Å². The lowest BCUT2D eigenvalue weighted by Gasteiger charge is -2.31.